The Hall–Kier alpha value is -3.14. The van der Waals surface area contributed by atoms with E-state index in [0.717, 1.165) is 44.9 Å². The minimum Gasteiger partial charge on any atom is -0.363 e. The quantitative estimate of drug-likeness (QED) is 0.177. The third-order valence-corrected chi connectivity index (χ3v) is 13.8. The molecule has 1 aliphatic heterocycles. The van der Waals surface area contributed by atoms with Crippen LogP contribution in [0.3, 0.4) is 0 Å². The van der Waals surface area contributed by atoms with Crippen molar-refractivity contribution in [1.82, 2.24) is 20.9 Å². The molecule has 1 saturated heterocycles. The van der Waals surface area contributed by atoms with Gasteiger partial charge < -0.3 is 26.6 Å². The van der Waals surface area contributed by atoms with Crippen molar-refractivity contribution in [1.29, 1.82) is 0 Å². The molecule has 276 valence electrons. The van der Waals surface area contributed by atoms with Gasteiger partial charge in [-0.25, -0.2) is 13.2 Å². The van der Waals surface area contributed by atoms with Crippen LogP contribution in [0.25, 0.3) is 0 Å². The molecular weight excluding hydrogens is 646 g/mol. The number of primary amides is 1. The fraction of sp³-hybridized carbons (Fsp3) is 0.806. The van der Waals surface area contributed by atoms with Crippen LogP contribution >= 0.6 is 0 Å². The number of amides is 5. The molecule has 2 saturated carbocycles. The fourth-order valence-corrected chi connectivity index (χ4v) is 9.43. The lowest BCUT2D eigenvalue weighted by Gasteiger charge is -2.41. The molecule has 0 aromatic carbocycles. The number of urea groups is 1. The van der Waals surface area contributed by atoms with Gasteiger partial charge in [0.05, 0.1) is 22.1 Å². The molecule has 3 rings (SSSR count). The molecule has 3 unspecified atom stereocenters. The average Bonchev–Trinajstić information content (AvgIpc) is 3.64. The summed E-state index contributed by atoms with van der Waals surface area (Å²) in [7, 11) is -3.58. The molecule has 0 aromatic heterocycles. The molecule has 13 heteroatoms. The first-order chi connectivity index (χ1) is 22.6. The average molecular weight is 706 g/mol. The molecule has 3 aliphatic rings. The maximum Gasteiger partial charge on any atom is 0.315 e. The number of carbonyl (C=O) groups excluding carboxylic acids is 5. The van der Waals surface area contributed by atoms with Crippen LogP contribution in [0.4, 0.5) is 4.79 Å². The van der Waals surface area contributed by atoms with E-state index in [1.807, 2.05) is 20.8 Å². The Balaban J connectivity index is 1.94. The van der Waals surface area contributed by atoms with Crippen molar-refractivity contribution in [3.63, 3.8) is 0 Å². The number of hydrogen-bond acceptors (Lipinski definition) is 7. The number of nitrogens with two attached hydrogens (primary N) is 1. The topological polar surface area (TPSA) is 185 Å². The first-order valence-electron chi connectivity index (χ1n) is 17.8. The van der Waals surface area contributed by atoms with Crippen LogP contribution in [0.5, 0.6) is 0 Å². The first-order valence-corrected chi connectivity index (χ1v) is 19.4. The van der Waals surface area contributed by atoms with Crippen molar-refractivity contribution in [2.45, 2.75) is 154 Å². The van der Waals surface area contributed by atoms with Gasteiger partial charge in [0.1, 0.15) is 12.1 Å². The van der Waals surface area contributed by atoms with E-state index in [9.17, 15) is 32.4 Å². The number of terminal acetylenes is 1. The summed E-state index contributed by atoms with van der Waals surface area (Å²) < 4.78 is 25.6. The van der Waals surface area contributed by atoms with Crippen molar-refractivity contribution < 1.29 is 32.4 Å². The molecule has 0 bridgehead atoms. The van der Waals surface area contributed by atoms with Crippen molar-refractivity contribution in [2.75, 3.05) is 12.3 Å². The molecule has 0 spiro atoms. The highest BCUT2D eigenvalue weighted by molar-refractivity contribution is 7.92. The Morgan fingerprint density at radius 1 is 0.939 bits per heavy atom. The number of nitrogens with zero attached hydrogens (tertiary/aromatic N) is 1. The highest BCUT2D eigenvalue weighted by Gasteiger charge is 2.53. The van der Waals surface area contributed by atoms with Gasteiger partial charge in [0, 0.05) is 13.0 Å². The van der Waals surface area contributed by atoms with Crippen LogP contribution in [-0.4, -0.2) is 83.6 Å². The molecular formula is C36H59N5O7S. The largest absolute Gasteiger partial charge is 0.363 e. The zero-order chi connectivity index (χ0) is 37.0. The second-order valence-corrected chi connectivity index (χ2v) is 19.6. The molecule has 4 atom stereocenters. The van der Waals surface area contributed by atoms with E-state index in [-0.39, 0.29) is 36.5 Å². The van der Waals surface area contributed by atoms with Gasteiger partial charge in [-0.2, -0.15) is 0 Å². The molecule has 5 N–H and O–H groups in total. The number of nitrogens with one attached hydrogen (secondary N) is 3. The summed E-state index contributed by atoms with van der Waals surface area (Å²) in [6.07, 6.45) is 13.4. The lowest BCUT2D eigenvalue weighted by Crippen LogP contribution is -2.64. The maximum atomic E-state index is 14.6. The number of hydrogen-bond donors (Lipinski definition) is 4. The molecule has 49 heavy (non-hydrogen) atoms. The Labute approximate surface area is 293 Å². The van der Waals surface area contributed by atoms with Gasteiger partial charge in [-0.1, -0.05) is 59.8 Å². The van der Waals surface area contributed by atoms with Crippen molar-refractivity contribution >= 4 is 39.4 Å². The lowest BCUT2D eigenvalue weighted by molar-refractivity contribution is -0.145. The van der Waals surface area contributed by atoms with Crippen molar-refractivity contribution in [3.8, 4) is 12.3 Å². The summed E-state index contributed by atoms with van der Waals surface area (Å²) in [6.45, 7) is 12.8. The smallest absolute Gasteiger partial charge is 0.315 e. The van der Waals surface area contributed by atoms with Crippen LogP contribution in [0.15, 0.2) is 0 Å². The highest BCUT2D eigenvalue weighted by atomic mass is 32.2. The van der Waals surface area contributed by atoms with E-state index in [2.05, 4.69) is 28.8 Å². The number of ketones is 1. The predicted octanol–water partition coefficient (Wildman–Crippen LogP) is 3.37. The van der Waals surface area contributed by atoms with E-state index in [1.54, 1.807) is 20.8 Å². The number of carbonyl (C=O) groups is 5. The molecule has 2 aliphatic carbocycles. The Kier molecular flexibility index (Phi) is 12.7. The standard InChI is InChI=1S/C36H59N5O7S/c1-9-10-16-25(27(42)29(37)43)38-30(44)26-24(35(8)18-14-15-19-35)17-22-41(26)31(45)28(33(2,3)4)39-32(46)40-36(20-12-11-13-21-36)23-49(47,48)34(5,6)7/h1,24-26,28H,10-23H2,2-8H3,(H2,37,43)(H,38,44)(H2,39,40,46)/t24?,25?,26?,28-/m1/s1. The van der Waals surface area contributed by atoms with E-state index >= 15 is 0 Å². The SMILES string of the molecule is C#CCCC(NC(=O)C1C(C2(C)CCCC2)CCN1C(=O)[C@@H](NC(=O)NC1(CS(=O)(=O)C(C)(C)C)CCCCC1)C(C)(C)C)C(=O)C(N)=O. The van der Waals surface area contributed by atoms with E-state index in [1.165, 1.54) is 4.90 Å². The van der Waals surface area contributed by atoms with Crippen LogP contribution in [-0.2, 0) is 29.0 Å². The van der Waals surface area contributed by atoms with Gasteiger partial charge >= 0.3 is 6.03 Å². The van der Waals surface area contributed by atoms with Crippen LogP contribution in [0.1, 0.15) is 126 Å². The van der Waals surface area contributed by atoms with Gasteiger partial charge in [-0.15, -0.1) is 12.3 Å². The summed E-state index contributed by atoms with van der Waals surface area (Å²) in [5.41, 5.74) is 3.30. The third kappa shape index (κ3) is 9.56. The second-order valence-electron chi connectivity index (χ2n) is 16.9. The van der Waals surface area contributed by atoms with Crippen molar-refractivity contribution in [2.24, 2.45) is 22.5 Å². The molecule has 12 nitrogen and oxygen atoms in total. The van der Waals surface area contributed by atoms with Gasteiger partial charge in [0.15, 0.2) is 9.84 Å². The fourth-order valence-electron chi connectivity index (χ4n) is 7.91. The van der Waals surface area contributed by atoms with Gasteiger partial charge in [-0.3, -0.25) is 19.2 Å². The van der Waals surface area contributed by atoms with Crippen LogP contribution < -0.4 is 21.7 Å². The molecule has 0 radical (unpaired) electrons. The molecule has 3 fully saturated rings. The highest BCUT2D eigenvalue weighted by Crippen LogP contribution is 2.50. The van der Waals surface area contributed by atoms with E-state index < -0.39 is 73.2 Å². The maximum absolute atomic E-state index is 14.6. The first kappa shape index (κ1) is 40.3. The zero-order valence-corrected chi connectivity index (χ0v) is 31.4. The van der Waals surface area contributed by atoms with E-state index in [4.69, 9.17) is 12.2 Å². The minimum absolute atomic E-state index is 0.0195. The summed E-state index contributed by atoms with van der Waals surface area (Å²) in [4.78, 5) is 68.5. The molecule has 1 heterocycles. The monoisotopic (exact) mass is 705 g/mol. The van der Waals surface area contributed by atoms with Gasteiger partial charge in [-0.05, 0) is 76.0 Å². The molecule has 0 aromatic rings. The summed E-state index contributed by atoms with van der Waals surface area (Å²) in [5, 5.41) is 8.58. The Bertz CT molecular complexity index is 1410. The van der Waals surface area contributed by atoms with E-state index in [0.29, 0.717) is 19.3 Å². The Morgan fingerprint density at radius 3 is 2.02 bits per heavy atom. The van der Waals surface area contributed by atoms with Gasteiger partial charge in [0.25, 0.3) is 5.91 Å². The third-order valence-electron chi connectivity index (χ3n) is 11.0. The number of Topliss-reactive ketones (excluding diaryl/α,β-unsaturated/α-hetero) is 1. The van der Waals surface area contributed by atoms with Crippen molar-refractivity contribution in [3.05, 3.63) is 0 Å². The van der Waals surface area contributed by atoms with Crippen LogP contribution in [0.2, 0.25) is 0 Å². The summed E-state index contributed by atoms with van der Waals surface area (Å²) >= 11 is 0. The summed E-state index contributed by atoms with van der Waals surface area (Å²) in [5.74, 6) is -1.16. The zero-order valence-electron chi connectivity index (χ0n) is 30.6. The minimum atomic E-state index is -3.58. The second kappa shape index (κ2) is 15.4. The summed E-state index contributed by atoms with van der Waals surface area (Å²) in [6, 6.07) is -3.89. The molecule has 5 amide bonds. The van der Waals surface area contributed by atoms with Crippen LogP contribution in [0, 0.1) is 29.1 Å². The number of likely N-dealkylation sites (tertiary alicyclic amines) is 1. The number of rotatable bonds is 12. The predicted molar refractivity (Wildman–Crippen MR) is 189 cm³/mol. The lowest BCUT2D eigenvalue weighted by atomic mass is 9.71. The Morgan fingerprint density at radius 2 is 1.51 bits per heavy atom. The van der Waals surface area contributed by atoms with Gasteiger partial charge in [0.2, 0.25) is 17.6 Å². The normalized spacial score (nSPS) is 23.5. The number of sulfone groups is 1.